The van der Waals surface area contributed by atoms with Crippen molar-refractivity contribution < 1.29 is 9.50 Å². The van der Waals surface area contributed by atoms with E-state index in [4.69, 9.17) is 0 Å². The van der Waals surface area contributed by atoms with Crippen molar-refractivity contribution in [1.82, 2.24) is 4.90 Å². The van der Waals surface area contributed by atoms with E-state index in [1.165, 1.54) is 25.0 Å². The number of β-amino-alcohol motifs (C(OH)–C–C–N with tert-alkyl or cyclic N) is 1. The topological polar surface area (TPSA) is 23.5 Å². The van der Waals surface area contributed by atoms with Crippen LogP contribution in [0.2, 0.25) is 0 Å². The molecule has 0 bridgehead atoms. The highest BCUT2D eigenvalue weighted by Crippen LogP contribution is 2.41. The van der Waals surface area contributed by atoms with Crippen LogP contribution in [-0.4, -0.2) is 28.6 Å². The van der Waals surface area contributed by atoms with Crippen molar-refractivity contribution in [2.45, 2.75) is 43.9 Å². The number of halogens is 1. The summed E-state index contributed by atoms with van der Waals surface area (Å²) in [6, 6.07) is 7.35. The second-order valence-corrected chi connectivity index (χ2v) is 5.50. The molecule has 0 amide bonds. The fraction of sp³-hybridized carbons (Fsp3) is 0.571. The second kappa shape index (κ2) is 3.79. The Bertz CT molecular complexity index is 415. The van der Waals surface area contributed by atoms with Crippen LogP contribution in [0.15, 0.2) is 24.3 Å². The normalized spacial score (nSPS) is 34.2. The van der Waals surface area contributed by atoms with E-state index >= 15 is 0 Å². The van der Waals surface area contributed by atoms with Gasteiger partial charge in [0.05, 0.1) is 0 Å². The van der Waals surface area contributed by atoms with E-state index in [2.05, 4.69) is 11.8 Å². The van der Waals surface area contributed by atoms with Gasteiger partial charge in [-0.1, -0.05) is 12.1 Å². The van der Waals surface area contributed by atoms with E-state index in [1.54, 1.807) is 12.1 Å². The summed E-state index contributed by atoms with van der Waals surface area (Å²) in [6.45, 7) is 2.85. The first-order valence-corrected chi connectivity index (χ1v) is 6.33. The molecule has 17 heavy (non-hydrogen) atoms. The number of hydrogen-bond donors (Lipinski definition) is 1. The van der Waals surface area contributed by atoms with Gasteiger partial charge in [0, 0.05) is 18.6 Å². The molecular weight excluding hydrogens is 217 g/mol. The summed E-state index contributed by atoms with van der Waals surface area (Å²) in [6.07, 6.45) is 3.25. The summed E-state index contributed by atoms with van der Waals surface area (Å²) in [5, 5.41) is 10.7. The summed E-state index contributed by atoms with van der Waals surface area (Å²) >= 11 is 0. The Kier molecular flexibility index (Phi) is 2.49. The maximum Gasteiger partial charge on any atom is 0.123 e. The summed E-state index contributed by atoms with van der Waals surface area (Å²) in [7, 11) is 0. The van der Waals surface area contributed by atoms with E-state index in [0.29, 0.717) is 18.6 Å². The number of hydrogen-bond acceptors (Lipinski definition) is 2. The molecule has 3 heteroatoms. The monoisotopic (exact) mass is 235 g/mol. The zero-order valence-electron chi connectivity index (χ0n) is 10.1. The SMILES string of the molecule is CC1CC(O)(c2ccc(F)cc2)CN1C1CC1. The van der Waals surface area contributed by atoms with Crippen LogP contribution < -0.4 is 0 Å². The van der Waals surface area contributed by atoms with E-state index < -0.39 is 5.60 Å². The van der Waals surface area contributed by atoms with Crippen molar-refractivity contribution in [1.29, 1.82) is 0 Å². The van der Waals surface area contributed by atoms with Crippen LogP contribution in [0.5, 0.6) is 0 Å². The van der Waals surface area contributed by atoms with Crippen molar-refractivity contribution in [3.05, 3.63) is 35.6 Å². The summed E-state index contributed by atoms with van der Waals surface area (Å²) in [5.41, 5.74) is 0.0456. The molecule has 0 aromatic heterocycles. The molecule has 1 aromatic rings. The Labute approximate surface area is 101 Å². The lowest BCUT2D eigenvalue weighted by Gasteiger charge is -2.24. The predicted octanol–water partition coefficient (Wildman–Crippen LogP) is 2.27. The van der Waals surface area contributed by atoms with Crippen molar-refractivity contribution in [2.75, 3.05) is 6.54 Å². The molecular formula is C14H18FNO. The Morgan fingerprint density at radius 1 is 1.29 bits per heavy atom. The minimum Gasteiger partial charge on any atom is -0.384 e. The lowest BCUT2D eigenvalue weighted by molar-refractivity contribution is 0.0451. The molecule has 1 aliphatic carbocycles. The average molecular weight is 235 g/mol. The van der Waals surface area contributed by atoms with Crippen molar-refractivity contribution in [3.63, 3.8) is 0 Å². The van der Waals surface area contributed by atoms with Gasteiger partial charge in [0.1, 0.15) is 11.4 Å². The highest BCUT2D eigenvalue weighted by Gasteiger charge is 2.46. The molecule has 1 aromatic carbocycles. The van der Waals surface area contributed by atoms with Crippen molar-refractivity contribution >= 4 is 0 Å². The fourth-order valence-electron chi connectivity index (χ4n) is 2.99. The minimum absolute atomic E-state index is 0.248. The van der Waals surface area contributed by atoms with E-state index in [1.807, 2.05) is 0 Å². The van der Waals surface area contributed by atoms with Gasteiger partial charge in [0.2, 0.25) is 0 Å². The third-order valence-corrected chi connectivity index (χ3v) is 4.04. The summed E-state index contributed by atoms with van der Waals surface area (Å²) < 4.78 is 12.9. The Balaban J connectivity index is 1.84. The number of nitrogens with zero attached hydrogens (tertiary/aromatic N) is 1. The van der Waals surface area contributed by atoms with E-state index in [9.17, 15) is 9.50 Å². The number of likely N-dealkylation sites (tertiary alicyclic amines) is 1. The molecule has 1 aliphatic heterocycles. The molecule has 3 rings (SSSR count). The Morgan fingerprint density at radius 3 is 2.53 bits per heavy atom. The molecule has 2 nitrogen and oxygen atoms in total. The van der Waals surface area contributed by atoms with Gasteiger partial charge in [0.25, 0.3) is 0 Å². The van der Waals surface area contributed by atoms with Crippen molar-refractivity contribution in [3.8, 4) is 0 Å². The standard InChI is InChI=1S/C14H18FNO/c1-10-8-14(17,9-16(10)13-6-7-13)11-2-4-12(15)5-3-11/h2-5,10,13,17H,6-9H2,1H3. The molecule has 1 N–H and O–H groups in total. The number of aliphatic hydroxyl groups is 1. The molecule has 1 heterocycles. The lowest BCUT2D eigenvalue weighted by atomic mass is 9.91. The first-order chi connectivity index (χ1) is 8.08. The van der Waals surface area contributed by atoms with Gasteiger partial charge in [-0.3, -0.25) is 4.90 Å². The van der Waals surface area contributed by atoms with E-state index in [-0.39, 0.29) is 5.82 Å². The van der Waals surface area contributed by atoms with Crippen LogP contribution in [0.1, 0.15) is 31.7 Å². The Hall–Kier alpha value is -0.930. The minimum atomic E-state index is -0.796. The molecule has 1 saturated carbocycles. The third kappa shape index (κ3) is 1.98. The zero-order chi connectivity index (χ0) is 12.0. The predicted molar refractivity (Wildman–Crippen MR) is 64.1 cm³/mol. The maximum atomic E-state index is 12.9. The molecule has 1 saturated heterocycles. The number of rotatable bonds is 2. The largest absolute Gasteiger partial charge is 0.384 e. The maximum absolute atomic E-state index is 12.9. The van der Waals surface area contributed by atoms with Crippen LogP contribution in [0.3, 0.4) is 0 Å². The van der Waals surface area contributed by atoms with Gasteiger partial charge in [-0.25, -0.2) is 4.39 Å². The summed E-state index contributed by atoms with van der Waals surface area (Å²) in [5.74, 6) is -0.248. The highest BCUT2D eigenvalue weighted by molar-refractivity contribution is 5.26. The third-order valence-electron chi connectivity index (χ3n) is 4.04. The van der Waals surface area contributed by atoms with Gasteiger partial charge < -0.3 is 5.11 Å². The fourth-order valence-corrected chi connectivity index (χ4v) is 2.99. The molecule has 2 atom stereocenters. The first-order valence-electron chi connectivity index (χ1n) is 6.33. The van der Waals surface area contributed by atoms with Gasteiger partial charge in [0.15, 0.2) is 0 Å². The summed E-state index contributed by atoms with van der Waals surface area (Å²) in [4.78, 5) is 2.39. The quantitative estimate of drug-likeness (QED) is 0.850. The second-order valence-electron chi connectivity index (χ2n) is 5.50. The highest BCUT2D eigenvalue weighted by atomic mass is 19.1. The Morgan fingerprint density at radius 2 is 1.94 bits per heavy atom. The van der Waals surface area contributed by atoms with E-state index in [0.717, 1.165) is 12.0 Å². The molecule has 92 valence electrons. The van der Waals surface area contributed by atoms with Crippen LogP contribution >= 0.6 is 0 Å². The smallest absolute Gasteiger partial charge is 0.123 e. The zero-order valence-corrected chi connectivity index (χ0v) is 10.1. The first kappa shape index (κ1) is 11.2. The molecule has 2 unspecified atom stereocenters. The van der Waals surface area contributed by atoms with Gasteiger partial charge in [-0.05, 0) is 43.9 Å². The van der Waals surface area contributed by atoms with Crippen LogP contribution in [0.25, 0.3) is 0 Å². The lowest BCUT2D eigenvalue weighted by Crippen LogP contribution is -2.33. The van der Waals surface area contributed by atoms with Crippen LogP contribution in [0.4, 0.5) is 4.39 Å². The van der Waals surface area contributed by atoms with Crippen LogP contribution in [-0.2, 0) is 5.60 Å². The van der Waals surface area contributed by atoms with Crippen molar-refractivity contribution in [2.24, 2.45) is 0 Å². The van der Waals surface area contributed by atoms with Gasteiger partial charge >= 0.3 is 0 Å². The van der Waals surface area contributed by atoms with Gasteiger partial charge in [-0.2, -0.15) is 0 Å². The number of benzene rings is 1. The molecule has 0 spiro atoms. The molecule has 0 radical (unpaired) electrons. The molecule has 2 fully saturated rings. The molecule has 2 aliphatic rings. The average Bonchev–Trinajstić information content (AvgIpc) is 3.06. The van der Waals surface area contributed by atoms with Gasteiger partial charge in [-0.15, -0.1) is 0 Å². The van der Waals surface area contributed by atoms with Crippen LogP contribution in [0, 0.1) is 5.82 Å².